The topological polar surface area (TPSA) is 6.48 Å². The Hall–Kier alpha value is -5.86. The van der Waals surface area contributed by atoms with Gasteiger partial charge in [0, 0.05) is 27.6 Å². The number of rotatable bonds is 3. The quantitative estimate of drug-likeness (QED) is 0.183. The Morgan fingerprint density at radius 3 is 1.45 bits per heavy atom. The van der Waals surface area contributed by atoms with Gasteiger partial charge >= 0.3 is 0 Å². The second-order valence-electron chi connectivity index (χ2n) is 16.7. The minimum absolute atomic E-state index is 0.0711. The molecule has 0 fully saturated rings. The molecule has 7 aromatic rings. The van der Waals surface area contributed by atoms with Gasteiger partial charge in [-0.15, -0.1) is 0 Å². The Morgan fingerprint density at radius 1 is 0.302 bits per heavy atom. The van der Waals surface area contributed by atoms with Crippen LogP contribution in [0, 0.1) is 0 Å². The summed E-state index contributed by atoms with van der Waals surface area (Å²) in [7, 11) is 0. The molecule has 0 amide bonds. The third kappa shape index (κ3) is 4.45. The van der Waals surface area contributed by atoms with Gasteiger partial charge in [0.2, 0.25) is 0 Å². The summed E-state index contributed by atoms with van der Waals surface area (Å²) in [6, 6.07) is 58.9. The molecule has 10 rings (SSSR count). The molecule has 1 aliphatic carbocycles. The summed E-state index contributed by atoms with van der Waals surface area (Å²) in [4.78, 5) is 4.93. The number of anilines is 6. The van der Waals surface area contributed by atoms with Gasteiger partial charge in [0.05, 0.1) is 22.7 Å². The van der Waals surface area contributed by atoms with E-state index in [9.17, 15) is 0 Å². The van der Waals surface area contributed by atoms with Crippen LogP contribution in [0.5, 0.6) is 0 Å². The molecule has 0 aromatic heterocycles. The van der Waals surface area contributed by atoms with Crippen LogP contribution >= 0.6 is 0 Å². The fourth-order valence-corrected chi connectivity index (χ4v) is 9.71. The van der Waals surface area contributed by atoms with Gasteiger partial charge in [-0.1, -0.05) is 139 Å². The highest BCUT2D eigenvalue weighted by atomic mass is 15.2. The van der Waals surface area contributed by atoms with Gasteiger partial charge < -0.3 is 9.80 Å². The summed E-state index contributed by atoms with van der Waals surface area (Å²) < 4.78 is 0. The molecule has 2 heterocycles. The lowest BCUT2D eigenvalue weighted by Gasteiger charge is -2.43. The smallest absolute Gasteiger partial charge is 0.0506 e. The van der Waals surface area contributed by atoms with Gasteiger partial charge in [-0.3, -0.25) is 0 Å². The molecular weight excluding hydrogens is 641 g/mol. The van der Waals surface area contributed by atoms with Crippen LogP contribution in [-0.2, 0) is 16.2 Å². The van der Waals surface area contributed by atoms with Crippen LogP contribution in [0.25, 0.3) is 22.3 Å². The largest absolute Gasteiger partial charge is 0.310 e. The number of hydrogen-bond donors (Lipinski definition) is 0. The van der Waals surface area contributed by atoms with E-state index in [4.69, 9.17) is 0 Å². The van der Waals surface area contributed by atoms with E-state index in [-0.39, 0.29) is 16.2 Å². The Balaban J connectivity index is 1.10. The van der Waals surface area contributed by atoms with E-state index in [0.29, 0.717) is 0 Å². The molecule has 2 aliphatic heterocycles. The molecule has 0 bridgehead atoms. The Bertz CT molecular complexity index is 2540. The van der Waals surface area contributed by atoms with Gasteiger partial charge in [-0.2, -0.15) is 0 Å². The first kappa shape index (κ1) is 31.8. The summed E-state index contributed by atoms with van der Waals surface area (Å²) >= 11 is 0. The number of hydrogen-bond acceptors (Lipinski definition) is 2. The first-order valence-corrected chi connectivity index (χ1v) is 18.9. The van der Waals surface area contributed by atoms with Crippen molar-refractivity contribution < 1.29 is 0 Å². The molecule has 3 aliphatic rings. The second kappa shape index (κ2) is 11.1. The maximum Gasteiger partial charge on any atom is 0.0506 e. The Morgan fingerprint density at radius 2 is 0.774 bits per heavy atom. The number of fused-ring (bicyclic) bond motifs is 7. The maximum atomic E-state index is 2.51. The highest BCUT2D eigenvalue weighted by molar-refractivity contribution is 5.93. The molecule has 0 radical (unpaired) electrons. The van der Waals surface area contributed by atoms with E-state index in [2.05, 4.69) is 209 Å². The zero-order valence-electron chi connectivity index (χ0n) is 31.4. The van der Waals surface area contributed by atoms with E-state index < -0.39 is 0 Å². The predicted molar refractivity (Wildman–Crippen MR) is 223 cm³/mol. The second-order valence-corrected chi connectivity index (χ2v) is 16.7. The average Bonchev–Trinajstić information content (AvgIpc) is 3.40. The Labute approximate surface area is 314 Å². The Kier molecular flexibility index (Phi) is 6.65. The number of para-hydroxylation sites is 3. The van der Waals surface area contributed by atoms with Gasteiger partial charge in [0.15, 0.2) is 0 Å². The lowest BCUT2D eigenvalue weighted by molar-refractivity contribution is 0.627. The molecule has 2 heteroatoms. The summed E-state index contributed by atoms with van der Waals surface area (Å²) in [5.74, 6) is 0. The molecule has 0 atom stereocenters. The number of benzene rings is 7. The highest BCUT2D eigenvalue weighted by Crippen LogP contribution is 2.58. The molecule has 0 unspecified atom stereocenters. The van der Waals surface area contributed by atoms with Crippen LogP contribution in [0.3, 0.4) is 0 Å². The lowest BCUT2D eigenvalue weighted by Crippen LogP contribution is -2.31. The van der Waals surface area contributed by atoms with Crippen molar-refractivity contribution in [2.45, 2.75) is 57.8 Å². The SMILES string of the molecule is CC1(C)c2ccccc2-c2cc3c(cc21)N(c1ccccc1)c1ccc(-c2ccc(N4c5ccccc5C(C)(C)c5ccccc54)cc2)cc1C3(C)C. The molecule has 258 valence electrons. The molecule has 0 saturated heterocycles. The van der Waals surface area contributed by atoms with E-state index >= 15 is 0 Å². The van der Waals surface area contributed by atoms with E-state index in [1.807, 2.05) is 0 Å². The van der Waals surface area contributed by atoms with E-state index in [1.54, 1.807) is 0 Å². The third-order valence-electron chi connectivity index (χ3n) is 12.6. The van der Waals surface area contributed by atoms with Crippen molar-refractivity contribution in [1.29, 1.82) is 0 Å². The summed E-state index contributed by atoms with van der Waals surface area (Å²) in [5, 5.41) is 0. The van der Waals surface area contributed by atoms with Crippen molar-refractivity contribution >= 4 is 34.1 Å². The van der Waals surface area contributed by atoms with Crippen LogP contribution in [0.15, 0.2) is 158 Å². The van der Waals surface area contributed by atoms with Crippen LogP contribution in [0.1, 0.15) is 74.9 Å². The van der Waals surface area contributed by atoms with Crippen molar-refractivity contribution in [2.24, 2.45) is 0 Å². The van der Waals surface area contributed by atoms with Gasteiger partial charge in [-0.05, 0) is 116 Å². The van der Waals surface area contributed by atoms with Crippen LogP contribution in [0.4, 0.5) is 34.1 Å². The van der Waals surface area contributed by atoms with E-state index in [1.165, 1.54) is 89.8 Å². The molecule has 2 nitrogen and oxygen atoms in total. The lowest BCUT2D eigenvalue weighted by atomic mass is 9.71. The first-order chi connectivity index (χ1) is 25.6. The fraction of sp³-hybridized carbons (Fsp3) is 0.176. The molecule has 7 aromatic carbocycles. The van der Waals surface area contributed by atoms with Crippen molar-refractivity contribution in [3.8, 4) is 22.3 Å². The monoisotopic (exact) mass is 684 g/mol. The fourth-order valence-electron chi connectivity index (χ4n) is 9.71. The number of nitrogens with zero attached hydrogens (tertiary/aromatic N) is 2. The molecule has 53 heavy (non-hydrogen) atoms. The molecule has 0 N–H and O–H groups in total. The minimum Gasteiger partial charge on any atom is -0.310 e. The minimum atomic E-state index is -0.226. The normalized spacial score (nSPS) is 16.5. The van der Waals surface area contributed by atoms with E-state index in [0.717, 1.165) is 0 Å². The van der Waals surface area contributed by atoms with Gasteiger partial charge in [0.1, 0.15) is 0 Å². The highest BCUT2D eigenvalue weighted by Gasteiger charge is 2.42. The van der Waals surface area contributed by atoms with Crippen molar-refractivity contribution in [3.05, 3.63) is 191 Å². The van der Waals surface area contributed by atoms with Crippen molar-refractivity contribution in [2.75, 3.05) is 9.80 Å². The average molecular weight is 685 g/mol. The summed E-state index contributed by atoms with van der Waals surface area (Å²) in [6.07, 6.45) is 0. The van der Waals surface area contributed by atoms with Crippen LogP contribution in [0.2, 0.25) is 0 Å². The zero-order valence-corrected chi connectivity index (χ0v) is 31.4. The first-order valence-electron chi connectivity index (χ1n) is 18.9. The van der Waals surface area contributed by atoms with Crippen LogP contribution in [-0.4, -0.2) is 0 Å². The zero-order chi connectivity index (χ0) is 36.3. The van der Waals surface area contributed by atoms with Gasteiger partial charge in [0.25, 0.3) is 0 Å². The summed E-state index contributed by atoms with van der Waals surface area (Å²) in [5.41, 5.74) is 20.4. The van der Waals surface area contributed by atoms with Gasteiger partial charge in [-0.25, -0.2) is 0 Å². The molecule has 0 spiro atoms. The third-order valence-corrected chi connectivity index (χ3v) is 12.6. The van der Waals surface area contributed by atoms with Crippen molar-refractivity contribution in [1.82, 2.24) is 0 Å². The van der Waals surface area contributed by atoms with Crippen molar-refractivity contribution in [3.63, 3.8) is 0 Å². The molecule has 0 saturated carbocycles. The van der Waals surface area contributed by atoms with Crippen LogP contribution < -0.4 is 9.80 Å². The standard InChI is InChI=1S/C51H44N2/c1-49(2)39-19-11-10-18-37(39)38-31-44-48(32-42(38)49)53(35-16-8-7-9-17-35)47-29-26-34(30-43(47)51(44,5)6)33-24-27-36(28-25-33)52-45-22-14-12-20-40(45)50(3,4)41-21-13-15-23-46(41)52/h7-32H,1-6H3. The summed E-state index contributed by atoms with van der Waals surface area (Å²) in [6.45, 7) is 14.2. The maximum absolute atomic E-state index is 2.51. The molecular formula is C51H44N2. The predicted octanol–water partition coefficient (Wildman–Crippen LogP) is 13.9.